The van der Waals surface area contributed by atoms with Gasteiger partial charge in [-0.05, 0) is 49.2 Å². The highest BCUT2D eigenvalue weighted by atomic mass is 16.5. The SMILES string of the molecule is COc1ccc(-c2cc([C@H]3CCCCCN3C(=O)c3ccncc3)no2)cc1. The standard InChI is InChI=1S/C22H23N3O3/c1-27-18-8-6-16(7-9-18)21-15-19(24-28-21)20-5-3-2-4-14-25(20)22(26)17-10-12-23-13-11-17/h6-13,15,20H,2-5,14H2,1H3/t20-/m1/s1. The zero-order valence-electron chi connectivity index (χ0n) is 15.9. The van der Waals surface area contributed by atoms with Crippen LogP contribution in [0, 0.1) is 0 Å². The summed E-state index contributed by atoms with van der Waals surface area (Å²) < 4.78 is 10.8. The summed E-state index contributed by atoms with van der Waals surface area (Å²) in [6.45, 7) is 0.719. The average molecular weight is 377 g/mol. The maximum absolute atomic E-state index is 13.1. The fourth-order valence-corrected chi connectivity index (χ4v) is 3.66. The van der Waals surface area contributed by atoms with Crippen LogP contribution in [0.15, 0.2) is 59.4 Å². The quantitative estimate of drug-likeness (QED) is 0.669. The number of hydrogen-bond acceptors (Lipinski definition) is 5. The summed E-state index contributed by atoms with van der Waals surface area (Å²) in [5, 5.41) is 4.31. The van der Waals surface area contributed by atoms with Crippen LogP contribution in [0.25, 0.3) is 11.3 Å². The van der Waals surface area contributed by atoms with Crippen molar-refractivity contribution in [1.82, 2.24) is 15.0 Å². The smallest absolute Gasteiger partial charge is 0.254 e. The van der Waals surface area contributed by atoms with Crippen LogP contribution in [0.3, 0.4) is 0 Å². The number of ether oxygens (including phenoxy) is 1. The van der Waals surface area contributed by atoms with Crippen molar-refractivity contribution in [2.24, 2.45) is 0 Å². The van der Waals surface area contributed by atoms with Crippen molar-refractivity contribution in [3.63, 3.8) is 0 Å². The summed E-state index contributed by atoms with van der Waals surface area (Å²) >= 11 is 0. The topological polar surface area (TPSA) is 68.5 Å². The van der Waals surface area contributed by atoms with Gasteiger partial charge in [-0.15, -0.1) is 0 Å². The van der Waals surface area contributed by atoms with Gasteiger partial charge in [0.2, 0.25) is 0 Å². The fraction of sp³-hybridized carbons (Fsp3) is 0.318. The molecule has 2 aromatic heterocycles. The first-order valence-corrected chi connectivity index (χ1v) is 9.58. The number of hydrogen-bond donors (Lipinski definition) is 0. The lowest BCUT2D eigenvalue weighted by Gasteiger charge is -2.28. The van der Waals surface area contributed by atoms with Gasteiger partial charge >= 0.3 is 0 Å². The van der Waals surface area contributed by atoms with E-state index in [-0.39, 0.29) is 11.9 Å². The Balaban J connectivity index is 1.61. The number of rotatable bonds is 4. The maximum Gasteiger partial charge on any atom is 0.254 e. The largest absolute Gasteiger partial charge is 0.497 e. The van der Waals surface area contributed by atoms with E-state index in [1.54, 1.807) is 31.6 Å². The van der Waals surface area contributed by atoms with Crippen LogP contribution in [0.5, 0.6) is 5.75 Å². The van der Waals surface area contributed by atoms with E-state index in [4.69, 9.17) is 9.26 Å². The summed E-state index contributed by atoms with van der Waals surface area (Å²) in [6, 6.07) is 13.0. The summed E-state index contributed by atoms with van der Waals surface area (Å²) in [4.78, 5) is 19.0. The van der Waals surface area contributed by atoms with Crippen molar-refractivity contribution < 1.29 is 14.1 Å². The maximum atomic E-state index is 13.1. The van der Waals surface area contributed by atoms with Crippen molar-refractivity contribution in [3.8, 4) is 17.1 Å². The first-order chi connectivity index (χ1) is 13.8. The van der Waals surface area contributed by atoms with Crippen LogP contribution in [0.4, 0.5) is 0 Å². The molecule has 0 spiro atoms. The molecule has 6 nitrogen and oxygen atoms in total. The van der Waals surface area contributed by atoms with Gasteiger partial charge in [-0.1, -0.05) is 18.0 Å². The number of nitrogens with zero attached hydrogens (tertiary/aromatic N) is 3. The Morgan fingerprint density at radius 3 is 2.64 bits per heavy atom. The number of carbonyl (C=O) groups is 1. The third-order valence-corrected chi connectivity index (χ3v) is 5.19. The minimum atomic E-state index is -0.0843. The van der Waals surface area contributed by atoms with Crippen molar-refractivity contribution >= 4 is 5.91 Å². The molecule has 1 atom stereocenters. The third kappa shape index (κ3) is 3.76. The molecule has 6 heteroatoms. The lowest BCUT2D eigenvalue weighted by molar-refractivity contribution is 0.0674. The van der Waals surface area contributed by atoms with E-state index in [1.165, 1.54) is 0 Å². The number of amides is 1. The molecule has 1 aromatic carbocycles. The van der Waals surface area contributed by atoms with Crippen molar-refractivity contribution in [3.05, 3.63) is 66.1 Å². The highest BCUT2D eigenvalue weighted by Gasteiger charge is 2.30. The number of carbonyl (C=O) groups excluding carboxylic acids is 1. The van der Waals surface area contributed by atoms with Crippen LogP contribution in [-0.4, -0.2) is 34.6 Å². The molecule has 0 N–H and O–H groups in total. The van der Waals surface area contributed by atoms with E-state index in [2.05, 4.69) is 10.1 Å². The molecular formula is C22H23N3O3. The van der Waals surface area contributed by atoms with Crippen molar-refractivity contribution in [2.75, 3.05) is 13.7 Å². The molecular weight excluding hydrogens is 354 g/mol. The molecule has 0 saturated carbocycles. The second-order valence-electron chi connectivity index (χ2n) is 6.94. The molecule has 3 aromatic rings. The minimum Gasteiger partial charge on any atom is -0.497 e. The Morgan fingerprint density at radius 2 is 1.89 bits per heavy atom. The summed E-state index contributed by atoms with van der Waals surface area (Å²) in [5.74, 6) is 1.50. The van der Waals surface area contributed by atoms with Crippen LogP contribution >= 0.6 is 0 Å². The van der Waals surface area contributed by atoms with E-state index in [0.717, 1.165) is 49.2 Å². The summed E-state index contributed by atoms with van der Waals surface area (Å²) in [5.41, 5.74) is 2.39. The fourth-order valence-electron chi connectivity index (χ4n) is 3.66. The highest BCUT2D eigenvalue weighted by molar-refractivity contribution is 5.94. The van der Waals surface area contributed by atoms with Gasteiger partial charge in [0.15, 0.2) is 5.76 Å². The van der Waals surface area contributed by atoms with Gasteiger partial charge in [-0.25, -0.2) is 0 Å². The van der Waals surface area contributed by atoms with Crippen molar-refractivity contribution in [2.45, 2.75) is 31.7 Å². The van der Waals surface area contributed by atoms with Gasteiger partial charge in [0.25, 0.3) is 5.91 Å². The molecule has 1 amide bonds. The van der Waals surface area contributed by atoms with Gasteiger partial charge in [0.1, 0.15) is 11.4 Å². The molecule has 1 aliphatic rings. The molecule has 0 bridgehead atoms. The normalized spacial score (nSPS) is 17.2. The molecule has 1 fully saturated rings. The molecule has 4 rings (SSSR count). The van der Waals surface area contributed by atoms with E-state index < -0.39 is 0 Å². The van der Waals surface area contributed by atoms with Gasteiger partial charge in [0, 0.05) is 36.1 Å². The molecule has 0 unspecified atom stereocenters. The molecule has 28 heavy (non-hydrogen) atoms. The lowest BCUT2D eigenvalue weighted by Crippen LogP contribution is -2.35. The minimum absolute atomic E-state index is 0.0169. The predicted octanol–water partition coefficient (Wildman–Crippen LogP) is 4.50. The monoisotopic (exact) mass is 377 g/mol. The second-order valence-corrected chi connectivity index (χ2v) is 6.94. The average Bonchev–Trinajstić information content (AvgIpc) is 3.12. The Morgan fingerprint density at radius 1 is 1.11 bits per heavy atom. The number of likely N-dealkylation sites (tertiary alicyclic amines) is 1. The Hall–Kier alpha value is -3.15. The number of pyridine rings is 1. The summed E-state index contributed by atoms with van der Waals surface area (Å²) in [7, 11) is 1.64. The van der Waals surface area contributed by atoms with Gasteiger partial charge < -0.3 is 14.2 Å². The van der Waals surface area contributed by atoms with Crippen LogP contribution in [-0.2, 0) is 0 Å². The zero-order valence-corrected chi connectivity index (χ0v) is 15.9. The molecule has 144 valence electrons. The Bertz CT molecular complexity index is 922. The van der Waals surface area contributed by atoms with Gasteiger partial charge in [-0.3, -0.25) is 9.78 Å². The van der Waals surface area contributed by atoms with E-state index in [0.29, 0.717) is 11.3 Å². The van der Waals surface area contributed by atoms with E-state index in [1.807, 2.05) is 35.2 Å². The first kappa shape index (κ1) is 18.2. The first-order valence-electron chi connectivity index (χ1n) is 9.58. The molecule has 3 heterocycles. The molecule has 0 radical (unpaired) electrons. The molecule has 1 saturated heterocycles. The van der Waals surface area contributed by atoms with Gasteiger partial charge in [-0.2, -0.15) is 0 Å². The van der Waals surface area contributed by atoms with Crippen LogP contribution < -0.4 is 4.74 Å². The number of benzene rings is 1. The molecule has 1 aliphatic heterocycles. The highest BCUT2D eigenvalue weighted by Crippen LogP contribution is 2.33. The summed E-state index contributed by atoms with van der Waals surface area (Å²) in [6.07, 6.45) is 7.35. The predicted molar refractivity (Wildman–Crippen MR) is 105 cm³/mol. The second kappa shape index (κ2) is 8.25. The Kier molecular flexibility index (Phi) is 5.37. The van der Waals surface area contributed by atoms with E-state index >= 15 is 0 Å². The number of methoxy groups -OCH3 is 1. The third-order valence-electron chi connectivity index (χ3n) is 5.19. The van der Waals surface area contributed by atoms with Gasteiger partial charge in [0.05, 0.1) is 13.2 Å². The van der Waals surface area contributed by atoms with Crippen LogP contribution in [0.2, 0.25) is 0 Å². The lowest BCUT2D eigenvalue weighted by atomic mass is 10.0. The van der Waals surface area contributed by atoms with E-state index in [9.17, 15) is 4.79 Å². The Labute approximate surface area is 164 Å². The number of aromatic nitrogens is 2. The van der Waals surface area contributed by atoms with Crippen LogP contribution in [0.1, 0.15) is 47.8 Å². The van der Waals surface area contributed by atoms with Crippen molar-refractivity contribution in [1.29, 1.82) is 0 Å². The zero-order chi connectivity index (χ0) is 19.3. The molecule has 0 aliphatic carbocycles.